The monoisotopic (exact) mass is 1740 g/mol. The van der Waals surface area contributed by atoms with Crippen molar-refractivity contribution in [3.05, 3.63) is 102 Å². The highest BCUT2D eigenvalue weighted by Crippen LogP contribution is 2.28. The van der Waals surface area contributed by atoms with Crippen LogP contribution in [0.1, 0.15) is 156 Å². The number of H-pyrrole nitrogens is 2. The number of carbonyl (C=O) groups is 16. The number of phenolic OH excluding ortho intramolecular Hbond substituents is 1. The smallest absolute Gasteiger partial charge is 0.246 e. The number of unbranched alkanes of at least 4 members (excludes halogenated alkanes) is 2. The standard InChI is InChI=1S/C87H126N20O18/c1-12-14-25-68-80(118)97-61(35-47(3)4)77(115)94-49(7)74(112)93-45-73(111)95-64(37-51-28-30-54(108)31-29-51)83(121)103(9)50(8)75(113)99-66(41-72(90)110)85(123)106-34-20-27-69(106)81(119)102-67(42-89)79(117)100-63(36-48(5)6)86(124)107-46-55(109)40-71(107)82(120)98-62(38-52-43-91-58-23-18-16-21-56(52)58)78(116)96-60(32-33-88)76(114)101-65(39-53-44-92-59-24-19-17-22-57(53)59)84(122)105(11)70(26-15-13-2)87(125)104(68)10/h16-19,21-24,28-31,43-44,47-50,55,60-71,91-92,108-109H,12-15,20,25-27,32-42,45-46,88-89H2,1-11H3,(H2,90,110)(H,93,112)(H,94,115)(H,95,111)(H,96,116)(H,97,118)(H,98,120)(H,99,113)(H,100,117)(H,101,114)(H,102,119)/t49-,50+,55-,60+,61+,62+,63+,64+,65+,66+,67+,68+,69+,70+,71+/m1/s1. The average Bonchev–Trinajstić information content (AvgIpc) is 1.69. The van der Waals surface area contributed by atoms with E-state index in [1.807, 2.05) is 32.0 Å². The van der Waals surface area contributed by atoms with E-state index in [4.69, 9.17) is 17.2 Å². The molecule has 5 heterocycles. The first-order valence-electron chi connectivity index (χ1n) is 43.0. The zero-order chi connectivity index (χ0) is 91.8. The molecule has 125 heavy (non-hydrogen) atoms. The molecular formula is C87H126N20O18. The maximum atomic E-state index is 15.7. The fraction of sp³-hybridized carbons (Fsp3) is 0.563. The molecule has 0 bridgehead atoms. The van der Waals surface area contributed by atoms with Crippen molar-refractivity contribution in [3.8, 4) is 5.75 Å². The largest absolute Gasteiger partial charge is 0.508 e. The second-order valence-corrected chi connectivity index (χ2v) is 33.7. The number of amides is 16. The molecule has 3 aliphatic rings. The lowest BCUT2D eigenvalue weighted by atomic mass is 9.99. The number of likely N-dealkylation sites (N-methyl/N-ethyl adjacent to an activating group) is 3. The van der Waals surface area contributed by atoms with Crippen molar-refractivity contribution >= 4 is 116 Å². The van der Waals surface area contributed by atoms with Gasteiger partial charge in [-0.15, -0.1) is 0 Å². The van der Waals surface area contributed by atoms with Crippen LogP contribution in [0.4, 0.5) is 0 Å². The van der Waals surface area contributed by atoms with E-state index in [9.17, 15) is 58.2 Å². The number of benzene rings is 3. The number of rotatable bonds is 21. The average molecular weight is 1740 g/mol. The second-order valence-electron chi connectivity index (χ2n) is 33.7. The number of aromatic nitrogens is 2. The normalized spacial score (nSPS) is 26.0. The number of hydrogen-bond acceptors (Lipinski definition) is 20. The number of fused-ring (bicyclic) bond motifs is 4. The van der Waals surface area contributed by atoms with Gasteiger partial charge in [-0.1, -0.05) is 116 Å². The summed E-state index contributed by atoms with van der Waals surface area (Å²) < 4.78 is 0. The highest BCUT2D eigenvalue weighted by molar-refractivity contribution is 6.02. The minimum Gasteiger partial charge on any atom is -0.508 e. The molecular weight excluding hydrogens is 1610 g/mol. The van der Waals surface area contributed by atoms with Gasteiger partial charge in [0.05, 0.1) is 19.1 Å². The lowest BCUT2D eigenvalue weighted by molar-refractivity contribution is -0.149. The Morgan fingerprint density at radius 2 is 0.976 bits per heavy atom. The Morgan fingerprint density at radius 1 is 0.488 bits per heavy atom. The van der Waals surface area contributed by atoms with Gasteiger partial charge in [0.15, 0.2) is 0 Å². The third kappa shape index (κ3) is 26.5. The van der Waals surface area contributed by atoms with Gasteiger partial charge in [-0.2, -0.15) is 0 Å². The van der Waals surface area contributed by atoms with E-state index in [1.165, 1.54) is 69.1 Å². The van der Waals surface area contributed by atoms with Crippen LogP contribution in [0.2, 0.25) is 0 Å². The summed E-state index contributed by atoms with van der Waals surface area (Å²) in [5, 5.41) is 49.6. The van der Waals surface area contributed by atoms with Crippen molar-refractivity contribution in [3.63, 3.8) is 0 Å². The number of nitrogens with two attached hydrogens (primary N) is 3. The Balaban J connectivity index is 1.16. The van der Waals surface area contributed by atoms with Gasteiger partial charge in [0.2, 0.25) is 94.5 Å². The summed E-state index contributed by atoms with van der Waals surface area (Å²) in [7, 11) is 4.06. The number of aliphatic hydroxyl groups excluding tert-OH is 1. The third-order valence-corrected chi connectivity index (χ3v) is 23.2. The molecule has 3 fully saturated rings. The third-order valence-electron chi connectivity index (χ3n) is 23.2. The molecule has 2 aromatic heterocycles. The fourth-order valence-corrected chi connectivity index (χ4v) is 16.0. The van der Waals surface area contributed by atoms with Gasteiger partial charge in [-0.3, -0.25) is 76.7 Å². The lowest BCUT2D eigenvalue weighted by Gasteiger charge is -2.36. The molecule has 0 radical (unpaired) electrons. The molecule has 0 spiro atoms. The van der Waals surface area contributed by atoms with E-state index < -0.39 is 211 Å². The Bertz CT molecular complexity index is 4670. The summed E-state index contributed by atoms with van der Waals surface area (Å²) >= 11 is 0. The van der Waals surface area contributed by atoms with E-state index in [-0.39, 0.29) is 101 Å². The van der Waals surface area contributed by atoms with Crippen molar-refractivity contribution in [2.45, 2.75) is 249 Å². The number of primary amides is 1. The zero-order valence-corrected chi connectivity index (χ0v) is 73.1. The second kappa shape index (κ2) is 46.1. The fourth-order valence-electron chi connectivity index (χ4n) is 16.0. The molecule has 8 rings (SSSR count). The number of nitrogens with one attached hydrogen (secondary N) is 12. The molecule has 0 saturated carbocycles. The Labute approximate surface area is 727 Å². The SMILES string of the molecule is CCCC[C@H]1C(=O)N(C)[C@@H](CCCC)C(=O)N[C@@H](CC(C)C)C(=O)N[C@H](C)C(=O)NCC(=O)N[C@@H](Cc2ccc(O)cc2)C(=O)N(C)[C@@H](C)C(=O)N[C@@H](CC(N)=O)C(=O)N2CCC[C@H]2C(=O)N[C@@H](CN)C(=O)N[C@@H](CC(C)C)C(=O)N2C[C@H](O)C[C@H]2C(=O)N[C@@H](Cc2c[nH]c3ccccc23)C(=O)N[C@@H](CCN)C(=O)N[C@@H](Cc2c[nH]c3ccccc23)C(=O)N1C. The van der Waals surface area contributed by atoms with Crippen molar-refractivity contribution in [2.75, 3.05) is 53.9 Å². The summed E-state index contributed by atoms with van der Waals surface area (Å²) in [4.78, 5) is 247. The van der Waals surface area contributed by atoms with E-state index in [1.54, 1.807) is 70.4 Å². The van der Waals surface area contributed by atoms with E-state index >= 15 is 28.8 Å². The predicted molar refractivity (Wildman–Crippen MR) is 463 cm³/mol. The molecule has 16 amide bonds. The van der Waals surface area contributed by atoms with Gasteiger partial charge in [0, 0.05) is 101 Å². The van der Waals surface area contributed by atoms with Crippen molar-refractivity contribution < 1.29 is 86.9 Å². The topological polar surface area (TPSA) is 560 Å². The van der Waals surface area contributed by atoms with Crippen LogP contribution in [0.3, 0.4) is 0 Å². The van der Waals surface area contributed by atoms with Gasteiger partial charge in [0.1, 0.15) is 90.3 Å². The van der Waals surface area contributed by atoms with Crippen LogP contribution in [0.5, 0.6) is 5.75 Å². The Morgan fingerprint density at radius 3 is 1.57 bits per heavy atom. The molecule has 3 aromatic carbocycles. The van der Waals surface area contributed by atoms with Crippen LogP contribution in [0, 0.1) is 11.8 Å². The lowest BCUT2D eigenvalue weighted by Crippen LogP contribution is -2.61. The van der Waals surface area contributed by atoms with Crippen molar-refractivity contribution in [1.29, 1.82) is 0 Å². The van der Waals surface area contributed by atoms with E-state index in [2.05, 4.69) is 63.1 Å². The van der Waals surface area contributed by atoms with Gasteiger partial charge in [0.25, 0.3) is 0 Å². The van der Waals surface area contributed by atoms with E-state index in [0.717, 1.165) is 14.7 Å². The molecule has 15 atom stereocenters. The predicted octanol–water partition coefficient (Wildman–Crippen LogP) is -0.995. The van der Waals surface area contributed by atoms with Gasteiger partial charge in [-0.05, 0) is 118 Å². The number of carbonyl (C=O) groups excluding carboxylic acids is 16. The quantitative estimate of drug-likeness (QED) is 0.0419. The Kier molecular flexibility index (Phi) is 36.3. The number of hydrogen-bond donors (Lipinski definition) is 17. The van der Waals surface area contributed by atoms with Crippen LogP contribution in [0.25, 0.3) is 21.8 Å². The van der Waals surface area contributed by atoms with Gasteiger partial charge < -0.3 is 115 Å². The summed E-state index contributed by atoms with van der Waals surface area (Å²) in [5.74, 6) is -14.8. The van der Waals surface area contributed by atoms with Gasteiger partial charge in [-0.25, -0.2) is 0 Å². The van der Waals surface area contributed by atoms with Crippen LogP contribution < -0.4 is 70.4 Å². The number of para-hydroxylation sites is 2. The first-order valence-corrected chi connectivity index (χ1v) is 43.0. The van der Waals surface area contributed by atoms with Crippen LogP contribution in [0.15, 0.2) is 85.2 Å². The molecule has 0 aliphatic carbocycles. The number of nitrogens with zero attached hydrogens (tertiary/aromatic N) is 5. The van der Waals surface area contributed by atoms with Crippen molar-refractivity contribution in [2.24, 2.45) is 29.0 Å². The highest BCUT2D eigenvalue weighted by atomic mass is 16.3. The number of aliphatic hydroxyl groups is 1. The summed E-state index contributed by atoms with van der Waals surface area (Å²) in [5.41, 5.74) is 21.0. The Hall–Kier alpha value is -12.1. The number of aromatic amines is 2. The molecule has 0 unspecified atom stereocenters. The summed E-state index contributed by atoms with van der Waals surface area (Å²) in [6, 6.07) is -0.317. The maximum Gasteiger partial charge on any atom is 0.246 e. The molecule has 3 saturated heterocycles. The molecule has 5 aromatic rings. The maximum absolute atomic E-state index is 15.7. The molecule has 38 nitrogen and oxygen atoms in total. The van der Waals surface area contributed by atoms with Gasteiger partial charge >= 0.3 is 0 Å². The highest BCUT2D eigenvalue weighted by Gasteiger charge is 2.46. The van der Waals surface area contributed by atoms with Crippen LogP contribution in [-0.2, 0) is 96.0 Å². The zero-order valence-electron chi connectivity index (χ0n) is 73.1. The summed E-state index contributed by atoms with van der Waals surface area (Å²) in [6.07, 6.45) is 2.28. The number of phenols is 1. The first-order chi connectivity index (χ1) is 59.4. The molecule has 3 aliphatic heterocycles. The first kappa shape index (κ1) is 98.4. The van der Waals surface area contributed by atoms with Crippen LogP contribution in [-0.4, -0.2) is 284 Å². The van der Waals surface area contributed by atoms with E-state index in [0.29, 0.717) is 64.2 Å². The summed E-state index contributed by atoms with van der Waals surface area (Å²) in [6.45, 7) is 11.4. The van der Waals surface area contributed by atoms with Crippen molar-refractivity contribution in [1.82, 2.24) is 87.6 Å². The minimum absolute atomic E-state index is 0.00768. The van der Waals surface area contributed by atoms with Crippen LogP contribution >= 0.6 is 0 Å². The molecule has 38 heteroatoms. The minimum atomic E-state index is -1.74. The molecule has 20 N–H and O–H groups in total. The molecule has 682 valence electrons. The number of aromatic hydroxyl groups is 1.